The zero-order valence-electron chi connectivity index (χ0n) is 10.5. The molecule has 0 heterocycles. The Morgan fingerprint density at radius 2 is 2.29 bits per heavy atom. The van der Waals surface area contributed by atoms with E-state index in [9.17, 15) is 4.79 Å². The summed E-state index contributed by atoms with van der Waals surface area (Å²) in [6.07, 6.45) is 6.12. The topological polar surface area (TPSA) is 38.3 Å². The van der Waals surface area contributed by atoms with Gasteiger partial charge in [-0.15, -0.1) is 0 Å². The van der Waals surface area contributed by atoms with E-state index < -0.39 is 0 Å². The van der Waals surface area contributed by atoms with Crippen LogP contribution in [0.1, 0.15) is 32.1 Å². The highest BCUT2D eigenvalue weighted by Crippen LogP contribution is 2.49. The summed E-state index contributed by atoms with van der Waals surface area (Å²) in [6.45, 7) is 0.577. The molecule has 2 aliphatic carbocycles. The van der Waals surface area contributed by atoms with Crippen LogP contribution in [0.4, 0.5) is 0 Å². The van der Waals surface area contributed by atoms with Crippen LogP contribution in [0.15, 0.2) is 0 Å². The fourth-order valence-corrected chi connectivity index (χ4v) is 3.83. The van der Waals surface area contributed by atoms with Crippen molar-refractivity contribution in [3.8, 4) is 0 Å². The highest BCUT2D eigenvalue weighted by Gasteiger charge is 2.40. The monoisotopic (exact) mass is 303 g/mol. The molecule has 2 fully saturated rings. The van der Waals surface area contributed by atoms with E-state index >= 15 is 0 Å². The van der Waals surface area contributed by atoms with Crippen molar-refractivity contribution in [2.75, 3.05) is 19.0 Å². The Bertz CT molecular complexity index is 272. The van der Waals surface area contributed by atoms with Crippen LogP contribution in [-0.2, 0) is 9.53 Å². The number of carbonyl (C=O) groups is 1. The van der Waals surface area contributed by atoms with Crippen molar-refractivity contribution in [1.82, 2.24) is 5.32 Å². The van der Waals surface area contributed by atoms with E-state index in [1.165, 1.54) is 25.7 Å². The third-order valence-electron chi connectivity index (χ3n) is 4.25. The molecule has 1 amide bonds. The standard InChI is InChI=1S/C13H22BrNO2/c1-17-8-12(7-14)15-13(16)6-11-5-9-2-3-10(11)4-9/h9-12H,2-8H2,1H3,(H,15,16). The molecule has 4 heteroatoms. The number of amides is 1. The van der Waals surface area contributed by atoms with Gasteiger partial charge in [0, 0.05) is 18.9 Å². The van der Waals surface area contributed by atoms with Crippen LogP contribution in [0.5, 0.6) is 0 Å². The molecule has 0 aromatic rings. The molecule has 17 heavy (non-hydrogen) atoms. The third kappa shape index (κ3) is 3.44. The van der Waals surface area contributed by atoms with Gasteiger partial charge in [-0.25, -0.2) is 0 Å². The van der Waals surface area contributed by atoms with Crippen LogP contribution in [0.3, 0.4) is 0 Å². The van der Waals surface area contributed by atoms with Crippen molar-refractivity contribution >= 4 is 21.8 Å². The summed E-state index contributed by atoms with van der Waals surface area (Å²) >= 11 is 3.40. The summed E-state index contributed by atoms with van der Waals surface area (Å²) in [5.41, 5.74) is 0. The number of halogens is 1. The molecular formula is C13H22BrNO2. The number of ether oxygens (including phenoxy) is 1. The minimum atomic E-state index is 0.103. The zero-order chi connectivity index (χ0) is 12.3. The van der Waals surface area contributed by atoms with Crippen molar-refractivity contribution in [2.24, 2.45) is 17.8 Å². The van der Waals surface area contributed by atoms with Crippen LogP contribution in [-0.4, -0.2) is 31.0 Å². The molecule has 0 aliphatic heterocycles. The Kier molecular flexibility index (Phi) is 4.86. The Balaban J connectivity index is 1.73. The van der Waals surface area contributed by atoms with Gasteiger partial charge < -0.3 is 10.1 Å². The molecule has 0 aromatic carbocycles. The van der Waals surface area contributed by atoms with Crippen LogP contribution >= 0.6 is 15.9 Å². The van der Waals surface area contributed by atoms with E-state index in [1.807, 2.05) is 0 Å². The lowest BCUT2D eigenvalue weighted by atomic mass is 9.86. The number of hydrogen-bond donors (Lipinski definition) is 1. The lowest BCUT2D eigenvalue weighted by Crippen LogP contribution is -2.40. The largest absolute Gasteiger partial charge is 0.383 e. The molecule has 2 saturated carbocycles. The summed E-state index contributed by atoms with van der Waals surface area (Å²) < 4.78 is 5.07. The fourth-order valence-electron chi connectivity index (χ4n) is 3.48. The van der Waals surface area contributed by atoms with Gasteiger partial charge in [-0.3, -0.25) is 4.79 Å². The van der Waals surface area contributed by atoms with Gasteiger partial charge in [0.15, 0.2) is 0 Å². The van der Waals surface area contributed by atoms with Gasteiger partial charge in [0.2, 0.25) is 5.91 Å². The molecule has 98 valence electrons. The number of carbonyl (C=O) groups excluding carboxylic acids is 1. The lowest BCUT2D eigenvalue weighted by Gasteiger charge is -2.22. The average molecular weight is 304 g/mol. The highest BCUT2D eigenvalue weighted by molar-refractivity contribution is 9.09. The van der Waals surface area contributed by atoms with Gasteiger partial charge in [0.05, 0.1) is 12.6 Å². The minimum absolute atomic E-state index is 0.103. The highest BCUT2D eigenvalue weighted by atomic mass is 79.9. The second-order valence-corrected chi connectivity index (χ2v) is 6.16. The normalized spacial score (nSPS) is 32.7. The van der Waals surface area contributed by atoms with Crippen molar-refractivity contribution in [3.05, 3.63) is 0 Å². The number of alkyl halides is 1. The van der Waals surface area contributed by atoms with Gasteiger partial charge in [0.25, 0.3) is 0 Å². The molecule has 0 saturated heterocycles. The predicted octanol–water partition coefficient (Wildman–Crippen LogP) is 2.34. The second kappa shape index (κ2) is 6.19. The maximum Gasteiger partial charge on any atom is 0.220 e. The van der Waals surface area contributed by atoms with Crippen LogP contribution in [0.2, 0.25) is 0 Å². The van der Waals surface area contributed by atoms with Crippen LogP contribution in [0.25, 0.3) is 0 Å². The van der Waals surface area contributed by atoms with Crippen molar-refractivity contribution in [1.29, 1.82) is 0 Å². The van der Waals surface area contributed by atoms with E-state index in [0.717, 1.165) is 17.2 Å². The number of fused-ring (bicyclic) bond motifs is 2. The first-order valence-electron chi connectivity index (χ1n) is 6.57. The molecule has 4 atom stereocenters. The molecule has 1 N–H and O–H groups in total. The second-order valence-electron chi connectivity index (χ2n) is 5.51. The van der Waals surface area contributed by atoms with Gasteiger partial charge in [-0.2, -0.15) is 0 Å². The van der Waals surface area contributed by atoms with E-state index in [0.29, 0.717) is 18.9 Å². The van der Waals surface area contributed by atoms with Gasteiger partial charge in [0.1, 0.15) is 0 Å². The van der Waals surface area contributed by atoms with E-state index in [4.69, 9.17) is 4.74 Å². The van der Waals surface area contributed by atoms with Crippen molar-refractivity contribution < 1.29 is 9.53 Å². The summed E-state index contributed by atoms with van der Waals surface area (Å²) in [5.74, 6) is 2.59. The molecule has 2 rings (SSSR count). The van der Waals surface area contributed by atoms with Gasteiger partial charge >= 0.3 is 0 Å². The summed E-state index contributed by atoms with van der Waals surface area (Å²) in [6, 6.07) is 0.103. The number of hydrogen-bond acceptors (Lipinski definition) is 2. The summed E-state index contributed by atoms with van der Waals surface area (Å²) in [4.78, 5) is 11.9. The van der Waals surface area contributed by atoms with Gasteiger partial charge in [-0.1, -0.05) is 22.4 Å². The summed E-state index contributed by atoms with van der Waals surface area (Å²) in [7, 11) is 1.66. The SMILES string of the molecule is COCC(CBr)NC(=O)CC1CC2CCC1C2. The predicted molar refractivity (Wildman–Crippen MR) is 71.2 cm³/mol. The minimum Gasteiger partial charge on any atom is -0.383 e. The first-order chi connectivity index (χ1) is 8.22. The maximum absolute atomic E-state index is 11.9. The molecule has 2 bridgehead atoms. The molecular weight excluding hydrogens is 282 g/mol. The Labute approximate surface area is 112 Å². The molecule has 4 unspecified atom stereocenters. The van der Waals surface area contributed by atoms with Crippen molar-refractivity contribution in [2.45, 2.75) is 38.1 Å². The van der Waals surface area contributed by atoms with Crippen molar-refractivity contribution in [3.63, 3.8) is 0 Å². The first-order valence-corrected chi connectivity index (χ1v) is 7.69. The molecule has 3 nitrogen and oxygen atoms in total. The third-order valence-corrected chi connectivity index (χ3v) is 5.03. The van der Waals surface area contributed by atoms with Crippen LogP contribution < -0.4 is 5.32 Å². The van der Waals surface area contributed by atoms with Gasteiger partial charge in [-0.05, 0) is 37.0 Å². The molecule has 2 aliphatic rings. The quantitative estimate of drug-likeness (QED) is 0.765. The molecule has 0 spiro atoms. The number of methoxy groups -OCH3 is 1. The smallest absolute Gasteiger partial charge is 0.220 e. The average Bonchev–Trinajstić information content (AvgIpc) is 2.90. The Morgan fingerprint density at radius 1 is 1.47 bits per heavy atom. The summed E-state index contributed by atoms with van der Waals surface area (Å²) in [5, 5.41) is 3.80. The first kappa shape index (κ1) is 13.3. The number of rotatable bonds is 6. The van der Waals surface area contributed by atoms with Crippen LogP contribution in [0, 0.1) is 17.8 Å². The lowest BCUT2D eigenvalue weighted by molar-refractivity contribution is -0.123. The van der Waals surface area contributed by atoms with E-state index in [-0.39, 0.29) is 11.9 Å². The zero-order valence-corrected chi connectivity index (χ0v) is 12.0. The molecule has 0 radical (unpaired) electrons. The van der Waals surface area contributed by atoms with E-state index in [2.05, 4.69) is 21.2 Å². The maximum atomic E-state index is 11.9. The Morgan fingerprint density at radius 3 is 2.82 bits per heavy atom. The Hall–Kier alpha value is -0.0900. The number of nitrogens with one attached hydrogen (secondary N) is 1. The molecule has 0 aromatic heterocycles. The van der Waals surface area contributed by atoms with E-state index in [1.54, 1.807) is 7.11 Å². The fraction of sp³-hybridized carbons (Fsp3) is 0.923.